The molecule has 1 aromatic rings. The first-order valence-electron chi connectivity index (χ1n) is 5.83. The van der Waals surface area contributed by atoms with Crippen LogP contribution in [-0.4, -0.2) is 36.9 Å². The van der Waals surface area contributed by atoms with E-state index in [0.29, 0.717) is 6.42 Å². The number of hydrogen-bond donors (Lipinski definition) is 1. The van der Waals surface area contributed by atoms with Crippen molar-refractivity contribution in [1.82, 2.24) is 4.31 Å². The molecule has 1 N–H and O–H groups in total. The minimum absolute atomic E-state index is 0.153. The fraction of sp³-hybridized carbons (Fsp3) is 0.417. The van der Waals surface area contributed by atoms with Gasteiger partial charge in [0.05, 0.1) is 5.56 Å². The molecular formula is C12H15ClFNO4S. The molecule has 0 aliphatic rings. The number of carboxylic acid groups (broad SMARTS) is 1. The van der Waals surface area contributed by atoms with Gasteiger partial charge in [-0.05, 0) is 25.5 Å². The highest BCUT2D eigenvalue weighted by molar-refractivity contribution is 7.89. The van der Waals surface area contributed by atoms with Gasteiger partial charge in [-0.2, -0.15) is 4.31 Å². The highest BCUT2D eigenvalue weighted by atomic mass is 35.5. The number of benzene rings is 1. The van der Waals surface area contributed by atoms with E-state index in [9.17, 15) is 17.6 Å². The lowest BCUT2D eigenvalue weighted by atomic mass is 10.2. The summed E-state index contributed by atoms with van der Waals surface area (Å²) in [5.74, 6) is -2.88. The molecule has 20 heavy (non-hydrogen) atoms. The van der Waals surface area contributed by atoms with E-state index in [1.54, 1.807) is 13.8 Å². The Hall–Kier alpha value is -1.18. The average Bonchev–Trinajstić information content (AvgIpc) is 2.38. The second kappa shape index (κ2) is 6.07. The van der Waals surface area contributed by atoms with Crippen LogP contribution in [-0.2, 0) is 10.0 Å². The van der Waals surface area contributed by atoms with Crippen LogP contribution in [0.2, 0.25) is 5.02 Å². The molecule has 0 saturated carbocycles. The first-order chi connectivity index (χ1) is 9.12. The zero-order valence-electron chi connectivity index (χ0n) is 11.2. The molecule has 8 heteroatoms. The minimum atomic E-state index is -4.15. The predicted octanol–water partition coefficient (Wildman–Crippen LogP) is 2.60. The summed E-state index contributed by atoms with van der Waals surface area (Å²) < 4.78 is 39.7. The molecule has 0 aromatic heterocycles. The van der Waals surface area contributed by atoms with Crippen molar-refractivity contribution in [3.8, 4) is 0 Å². The van der Waals surface area contributed by atoms with Crippen molar-refractivity contribution in [3.05, 3.63) is 28.5 Å². The van der Waals surface area contributed by atoms with Crippen LogP contribution >= 0.6 is 11.6 Å². The SMILES string of the molecule is CCC(C)N(C)S(=O)(=O)c1cc(Cl)cc(C(=O)O)c1F. The maximum atomic E-state index is 14.1. The van der Waals surface area contributed by atoms with Crippen molar-refractivity contribution in [3.63, 3.8) is 0 Å². The molecular weight excluding hydrogens is 309 g/mol. The first-order valence-corrected chi connectivity index (χ1v) is 7.65. The Morgan fingerprint density at radius 3 is 2.50 bits per heavy atom. The van der Waals surface area contributed by atoms with Crippen LogP contribution in [0.5, 0.6) is 0 Å². The fourth-order valence-corrected chi connectivity index (χ4v) is 3.39. The average molecular weight is 324 g/mol. The molecule has 5 nitrogen and oxygen atoms in total. The molecule has 0 saturated heterocycles. The normalized spacial score (nSPS) is 13.5. The van der Waals surface area contributed by atoms with Crippen molar-refractivity contribution >= 4 is 27.6 Å². The lowest BCUT2D eigenvalue weighted by molar-refractivity contribution is 0.0691. The Labute approximate surface area is 122 Å². The minimum Gasteiger partial charge on any atom is -0.478 e. The van der Waals surface area contributed by atoms with Crippen LogP contribution < -0.4 is 0 Å². The molecule has 0 bridgehead atoms. The Morgan fingerprint density at radius 2 is 2.05 bits per heavy atom. The number of sulfonamides is 1. The molecule has 112 valence electrons. The summed E-state index contributed by atoms with van der Waals surface area (Å²) in [6, 6.07) is 1.44. The van der Waals surface area contributed by atoms with E-state index in [4.69, 9.17) is 16.7 Å². The summed E-state index contributed by atoms with van der Waals surface area (Å²) in [5.41, 5.74) is -0.770. The van der Waals surface area contributed by atoms with Crippen LogP contribution in [0.15, 0.2) is 17.0 Å². The second-order valence-electron chi connectivity index (χ2n) is 4.35. The van der Waals surface area contributed by atoms with Gasteiger partial charge in [-0.3, -0.25) is 0 Å². The van der Waals surface area contributed by atoms with Gasteiger partial charge in [0, 0.05) is 18.1 Å². The third-order valence-electron chi connectivity index (χ3n) is 3.10. The quantitative estimate of drug-likeness (QED) is 0.903. The predicted molar refractivity (Wildman–Crippen MR) is 73.1 cm³/mol. The van der Waals surface area contributed by atoms with Crippen molar-refractivity contribution in [2.24, 2.45) is 0 Å². The number of carboxylic acids is 1. The first kappa shape index (κ1) is 16.9. The number of hydrogen-bond acceptors (Lipinski definition) is 3. The van der Waals surface area contributed by atoms with Crippen LogP contribution in [0.3, 0.4) is 0 Å². The smallest absolute Gasteiger partial charge is 0.338 e. The topological polar surface area (TPSA) is 74.7 Å². The van der Waals surface area contributed by atoms with Crippen molar-refractivity contribution in [2.45, 2.75) is 31.2 Å². The van der Waals surface area contributed by atoms with Crippen molar-refractivity contribution in [2.75, 3.05) is 7.05 Å². The molecule has 0 fully saturated rings. The van der Waals surface area contributed by atoms with E-state index < -0.39 is 32.3 Å². The third kappa shape index (κ3) is 3.11. The summed E-state index contributed by atoms with van der Waals surface area (Å²) in [4.78, 5) is 10.2. The Balaban J connectivity index is 3.50. The molecule has 1 rings (SSSR count). The summed E-state index contributed by atoms with van der Waals surface area (Å²) in [6.45, 7) is 3.45. The van der Waals surface area contributed by atoms with Gasteiger partial charge in [-0.1, -0.05) is 18.5 Å². The van der Waals surface area contributed by atoms with E-state index in [2.05, 4.69) is 0 Å². The molecule has 0 aliphatic heterocycles. The number of carbonyl (C=O) groups is 1. The van der Waals surface area contributed by atoms with E-state index in [-0.39, 0.29) is 11.1 Å². The van der Waals surface area contributed by atoms with Crippen LogP contribution in [0.25, 0.3) is 0 Å². The molecule has 0 aliphatic carbocycles. The van der Waals surface area contributed by atoms with E-state index in [1.807, 2.05) is 0 Å². The van der Waals surface area contributed by atoms with Crippen LogP contribution in [0.1, 0.15) is 30.6 Å². The number of aromatic carboxylic acids is 1. The van der Waals surface area contributed by atoms with Gasteiger partial charge in [-0.25, -0.2) is 17.6 Å². The molecule has 0 amide bonds. The fourth-order valence-electron chi connectivity index (χ4n) is 1.56. The lowest BCUT2D eigenvalue weighted by Crippen LogP contribution is -2.35. The maximum absolute atomic E-state index is 14.1. The van der Waals surface area contributed by atoms with Crippen molar-refractivity contribution < 1.29 is 22.7 Å². The summed E-state index contributed by atoms with van der Waals surface area (Å²) in [7, 11) is -2.84. The summed E-state index contributed by atoms with van der Waals surface area (Å²) in [5, 5.41) is 8.71. The Bertz CT molecular complexity index is 633. The molecule has 0 spiro atoms. The number of rotatable bonds is 5. The Kier molecular flexibility index (Phi) is 5.12. The van der Waals surface area contributed by atoms with E-state index >= 15 is 0 Å². The third-order valence-corrected chi connectivity index (χ3v) is 5.29. The maximum Gasteiger partial charge on any atom is 0.338 e. The highest BCUT2D eigenvalue weighted by Crippen LogP contribution is 2.27. The zero-order chi connectivity index (χ0) is 15.7. The summed E-state index contributed by atoms with van der Waals surface area (Å²) in [6.07, 6.45) is 0.531. The highest BCUT2D eigenvalue weighted by Gasteiger charge is 2.30. The molecule has 1 unspecified atom stereocenters. The van der Waals surface area contributed by atoms with Crippen molar-refractivity contribution in [1.29, 1.82) is 0 Å². The van der Waals surface area contributed by atoms with E-state index in [0.717, 1.165) is 16.4 Å². The van der Waals surface area contributed by atoms with E-state index in [1.165, 1.54) is 7.05 Å². The monoisotopic (exact) mass is 323 g/mol. The largest absolute Gasteiger partial charge is 0.478 e. The summed E-state index contributed by atoms with van der Waals surface area (Å²) >= 11 is 5.68. The molecule has 0 radical (unpaired) electrons. The zero-order valence-corrected chi connectivity index (χ0v) is 12.8. The molecule has 1 atom stereocenters. The Morgan fingerprint density at radius 1 is 1.50 bits per heavy atom. The lowest BCUT2D eigenvalue weighted by Gasteiger charge is -2.23. The van der Waals surface area contributed by atoms with Crippen LogP contribution in [0, 0.1) is 5.82 Å². The van der Waals surface area contributed by atoms with Gasteiger partial charge in [0.25, 0.3) is 0 Å². The van der Waals surface area contributed by atoms with Gasteiger partial charge in [0.15, 0.2) is 5.82 Å². The second-order valence-corrected chi connectivity index (χ2v) is 6.75. The molecule has 0 heterocycles. The van der Waals surface area contributed by atoms with Gasteiger partial charge in [0.1, 0.15) is 4.90 Å². The standard InChI is InChI=1S/C12H15ClFNO4S/c1-4-7(2)15(3)20(18,19)10-6-8(13)5-9(11(10)14)12(16)17/h5-7H,4H2,1-3H3,(H,16,17). The number of nitrogens with zero attached hydrogens (tertiary/aromatic N) is 1. The number of halogens is 2. The van der Waals surface area contributed by atoms with Gasteiger partial charge in [0.2, 0.25) is 10.0 Å². The van der Waals surface area contributed by atoms with Gasteiger partial charge in [-0.15, -0.1) is 0 Å². The van der Waals surface area contributed by atoms with Gasteiger partial charge < -0.3 is 5.11 Å². The van der Waals surface area contributed by atoms with Gasteiger partial charge >= 0.3 is 5.97 Å². The van der Waals surface area contributed by atoms with Crippen LogP contribution in [0.4, 0.5) is 4.39 Å². The molecule has 1 aromatic carbocycles.